The van der Waals surface area contributed by atoms with Gasteiger partial charge in [0.05, 0.1) is 6.04 Å². The molecule has 1 rings (SSSR count). The van der Waals surface area contributed by atoms with Crippen LogP contribution in [0.3, 0.4) is 0 Å². The fraction of sp³-hybridized carbons (Fsp3) is 0.833. The van der Waals surface area contributed by atoms with Crippen molar-refractivity contribution in [2.75, 3.05) is 24.8 Å². The van der Waals surface area contributed by atoms with Crippen LogP contribution in [-0.4, -0.2) is 36.8 Å². The van der Waals surface area contributed by atoms with E-state index in [0.717, 1.165) is 11.6 Å². The number of hydrogen-bond acceptors (Lipinski definition) is 3. The second-order valence-electron chi connectivity index (χ2n) is 2.25. The summed E-state index contributed by atoms with van der Waals surface area (Å²) < 4.78 is 11.6. The van der Waals surface area contributed by atoms with Crippen LogP contribution in [0.2, 0.25) is 0 Å². The Balaban J connectivity index is 2.17. The number of amides is 1. The summed E-state index contributed by atoms with van der Waals surface area (Å²) >= 11 is 1.68. The summed E-state index contributed by atoms with van der Waals surface area (Å²) in [6, 6.07) is -0.119. The summed E-state index contributed by atoms with van der Waals surface area (Å²) in [5.74, 6) is 1.51. The van der Waals surface area contributed by atoms with Crippen molar-refractivity contribution >= 4 is 17.7 Å². The molecule has 0 aliphatic carbocycles. The third-order valence-corrected chi connectivity index (χ3v) is 2.37. The van der Waals surface area contributed by atoms with Crippen molar-refractivity contribution in [3.05, 3.63) is 0 Å². The normalized spacial score (nSPS) is 23.5. The molecular weight excluding hydrogens is 167 g/mol. The molecule has 64 valence electrons. The standard InChI is InChI=1S/C6H11FN2OS/c7-1-2-8-6(10)5-3-11-4-9-5/h5,9H,1-4H2,(H,8,10). The molecule has 1 heterocycles. The molecule has 1 fully saturated rings. The minimum Gasteiger partial charge on any atom is -0.352 e. The minimum absolute atomic E-state index is 0.0901. The monoisotopic (exact) mass is 178 g/mol. The molecule has 1 aliphatic rings. The van der Waals surface area contributed by atoms with E-state index < -0.39 is 6.67 Å². The van der Waals surface area contributed by atoms with Crippen LogP contribution in [-0.2, 0) is 4.79 Å². The lowest BCUT2D eigenvalue weighted by atomic mass is 10.3. The maximum absolute atomic E-state index is 11.6. The van der Waals surface area contributed by atoms with E-state index in [1.165, 1.54) is 0 Å². The molecule has 2 N–H and O–H groups in total. The number of carbonyl (C=O) groups excluding carboxylic acids is 1. The SMILES string of the molecule is O=C(NCCF)C1CSCN1. The van der Waals surface area contributed by atoms with Crippen molar-refractivity contribution in [2.45, 2.75) is 6.04 Å². The first-order chi connectivity index (χ1) is 5.34. The molecule has 1 saturated heterocycles. The number of carbonyl (C=O) groups is 1. The Labute approximate surface area is 69.1 Å². The highest BCUT2D eigenvalue weighted by atomic mass is 32.2. The quantitative estimate of drug-likeness (QED) is 0.625. The molecule has 5 heteroatoms. The molecule has 3 nitrogen and oxygen atoms in total. The van der Waals surface area contributed by atoms with Gasteiger partial charge in [0, 0.05) is 18.2 Å². The van der Waals surface area contributed by atoms with Gasteiger partial charge in [-0.3, -0.25) is 10.1 Å². The first-order valence-corrected chi connectivity index (χ1v) is 4.65. The lowest BCUT2D eigenvalue weighted by Crippen LogP contribution is -2.42. The van der Waals surface area contributed by atoms with Gasteiger partial charge in [-0.25, -0.2) is 4.39 Å². The molecule has 0 aromatic carbocycles. The zero-order valence-corrected chi connectivity index (χ0v) is 6.92. The second-order valence-corrected chi connectivity index (χ2v) is 3.28. The number of nitrogens with one attached hydrogen (secondary N) is 2. The Morgan fingerprint density at radius 3 is 3.18 bits per heavy atom. The Kier molecular flexibility index (Phi) is 3.65. The summed E-state index contributed by atoms with van der Waals surface area (Å²) in [5.41, 5.74) is 0. The molecule has 0 saturated carbocycles. The molecular formula is C6H11FN2OS. The molecule has 0 spiro atoms. The molecule has 1 amide bonds. The molecule has 0 aromatic rings. The third-order valence-electron chi connectivity index (χ3n) is 1.43. The van der Waals surface area contributed by atoms with Gasteiger partial charge >= 0.3 is 0 Å². The number of rotatable bonds is 3. The summed E-state index contributed by atoms with van der Waals surface area (Å²) in [6.45, 7) is -0.368. The van der Waals surface area contributed by atoms with Gasteiger partial charge in [0.1, 0.15) is 6.67 Å². The van der Waals surface area contributed by atoms with Gasteiger partial charge < -0.3 is 5.32 Å². The van der Waals surface area contributed by atoms with E-state index >= 15 is 0 Å². The Hall–Kier alpha value is -0.290. The largest absolute Gasteiger partial charge is 0.352 e. The summed E-state index contributed by atoms with van der Waals surface area (Å²) in [4.78, 5) is 11.1. The minimum atomic E-state index is -0.494. The highest BCUT2D eigenvalue weighted by molar-refractivity contribution is 7.99. The average molecular weight is 178 g/mol. The van der Waals surface area contributed by atoms with Gasteiger partial charge in [0.25, 0.3) is 0 Å². The fourth-order valence-electron chi connectivity index (χ4n) is 0.857. The van der Waals surface area contributed by atoms with E-state index in [1.54, 1.807) is 11.8 Å². The van der Waals surface area contributed by atoms with E-state index in [1.807, 2.05) is 0 Å². The molecule has 0 bridgehead atoms. The van der Waals surface area contributed by atoms with Crippen LogP contribution in [0.25, 0.3) is 0 Å². The second kappa shape index (κ2) is 4.56. The van der Waals surface area contributed by atoms with Gasteiger partial charge in [-0.2, -0.15) is 0 Å². The van der Waals surface area contributed by atoms with Crippen molar-refractivity contribution in [1.29, 1.82) is 0 Å². The maximum Gasteiger partial charge on any atom is 0.238 e. The van der Waals surface area contributed by atoms with Crippen molar-refractivity contribution in [1.82, 2.24) is 10.6 Å². The molecule has 0 aromatic heterocycles. The summed E-state index contributed by atoms with van der Waals surface area (Å²) in [7, 11) is 0. The third kappa shape index (κ3) is 2.67. The van der Waals surface area contributed by atoms with Crippen molar-refractivity contribution in [3.8, 4) is 0 Å². The van der Waals surface area contributed by atoms with Gasteiger partial charge in [-0.05, 0) is 0 Å². The van der Waals surface area contributed by atoms with Crippen LogP contribution < -0.4 is 10.6 Å². The molecule has 11 heavy (non-hydrogen) atoms. The van der Waals surface area contributed by atoms with Crippen LogP contribution >= 0.6 is 11.8 Å². The van der Waals surface area contributed by atoms with E-state index in [-0.39, 0.29) is 18.5 Å². The van der Waals surface area contributed by atoms with Crippen LogP contribution in [0.5, 0.6) is 0 Å². The van der Waals surface area contributed by atoms with E-state index in [0.29, 0.717) is 0 Å². The molecule has 1 unspecified atom stereocenters. The fourth-order valence-corrected chi connectivity index (χ4v) is 1.80. The van der Waals surface area contributed by atoms with Gasteiger partial charge in [0.15, 0.2) is 0 Å². The van der Waals surface area contributed by atoms with Crippen LogP contribution in [0, 0.1) is 0 Å². The van der Waals surface area contributed by atoms with Crippen LogP contribution in [0.4, 0.5) is 4.39 Å². The highest BCUT2D eigenvalue weighted by Gasteiger charge is 2.21. The lowest BCUT2D eigenvalue weighted by molar-refractivity contribution is -0.122. The Morgan fingerprint density at radius 1 is 1.82 bits per heavy atom. The van der Waals surface area contributed by atoms with Crippen molar-refractivity contribution in [3.63, 3.8) is 0 Å². The van der Waals surface area contributed by atoms with Crippen molar-refractivity contribution in [2.24, 2.45) is 0 Å². The topological polar surface area (TPSA) is 41.1 Å². The summed E-state index contributed by atoms with van der Waals surface area (Å²) in [6.07, 6.45) is 0. The predicted molar refractivity (Wildman–Crippen MR) is 43.2 cm³/mol. The van der Waals surface area contributed by atoms with E-state index in [4.69, 9.17) is 0 Å². The van der Waals surface area contributed by atoms with E-state index in [2.05, 4.69) is 10.6 Å². The smallest absolute Gasteiger partial charge is 0.238 e. The van der Waals surface area contributed by atoms with Crippen LogP contribution in [0.1, 0.15) is 0 Å². The first kappa shape index (κ1) is 8.80. The van der Waals surface area contributed by atoms with Gasteiger partial charge in [0.2, 0.25) is 5.91 Å². The Bertz CT molecular complexity index is 139. The predicted octanol–water partition coefficient (Wildman–Crippen LogP) is -0.265. The van der Waals surface area contributed by atoms with Crippen molar-refractivity contribution < 1.29 is 9.18 Å². The molecule has 1 aliphatic heterocycles. The maximum atomic E-state index is 11.6. The molecule has 1 atom stereocenters. The van der Waals surface area contributed by atoms with E-state index in [9.17, 15) is 9.18 Å². The number of alkyl halides is 1. The number of thioether (sulfide) groups is 1. The first-order valence-electron chi connectivity index (χ1n) is 3.49. The van der Waals surface area contributed by atoms with Gasteiger partial charge in [-0.15, -0.1) is 11.8 Å². The number of halogens is 1. The van der Waals surface area contributed by atoms with Gasteiger partial charge in [-0.1, -0.05) is 0 Å². The number of hydrogen-bond donors (Lipinski definition) is 2. The average Bonchev–Trinajstić information content (AvgIpc) is 2.52. The zero-order chi connectivity index (χ0) is 8.10. The lowest BCUT2D eigenvalue weighted by Gasteiger charge is -2.07. The highest BCUT2D eigenvalue weighted by Crippen LogP contribution is 2.08. The summed E-state index contributed by atoms with van der Waals surface area (Å²) in [5, 5.41) is 5.48. The zero-order valence-electron chi connectivity index (χ0n) is 6.10. The molecule has 0 radical (unpaired) electrons. The van der Waals surface area contributed by atoms with Crippen LogP contribution in [0.15, 0.2) is 0 Å². The Morgan fingerprint density at radius 2 is 2.64 bits per heavy atom.